The topological polar surface area (TPSA) is 126 Å². The number of aromatic nitrogens is 4. The average molecular weight is 572 g/mol. The molecule has 0 bridgehead atoms. The zero-order valence-electron chi connectivity index (χ0n) is 22.7. The van der Waals surface area contributed by atoms with Crippen molar-refractivity contribution in [2.24, 2.45) is 0 Å². The van der Waals surface area contributed by atoms with E-state index in [1.165, 1.54) is 6.07 Å². The van der Waals surface area contributed by atoms with Crippen molar-refractivity contribution in [3.8, 4) is 11.3 Å². The second-order valence-electron chi connectivity index (χ2n) is 10.2. The standard InChI is InChI=1S/C26H31ClFN9O3/c1-15-11-36(12-16(2)34(15)4)22-10-19(28)18(9-21(22)32-25-23(37(38)39)24(27)30-14-31-25)20-5-6-29-26(33-20)35-7-8-40-17(3)13-35/h5-6,9-10,14-17H,7-8,11-13H2,1-4H3,(H,30,31,32)/t15-,16+,17?. The third-order valence-corrected chi connectivity index (χ3v) is 7.72. The first-order chi connectivity index (χ1) is 19.1. The molecule has 14 heteroatoms. The summed E-state index contributed by atoms with van der Waals surface area (Å²) in [5.74, 6) is -0.0923. The molecule has 0 radical (unpaired) electrons. The molecule has 1 aromatic carbocycles. The first kappa shape index (κ1) is 27.9. The molecule has 4 heterocycles. The molecule has 5 rings (SSSR count). The Labute approximate surface area is 236 Å². The lowest BCUT2D eigenvalue weighted by molar-refractivity contribution is -0.384. The van der Waals surface area contributed by atoms with Crippen LogP contribution in [0.2, 0.25) is 5.15 Å². The number of nitrogens with one attached hydrogen (secondary N) is 1. The maximum atomic E-state index is 15.9. The van der Waals surface area contributed by atoms with Gasteiger partial charge in [0.25, 0.3) is 0 Å². The number of benzene rings is 1. The fraction of sp³-hybridized carbons (Fsp3) is 0.462. The number of hydrogen-bond acceptors (Lipinski definition) is 11. The van der Waals surface area contributed by atoms with Crippen molar-refractivity contribution in [1.82, 2.24) is 24.8 Å². The smallest absolute Gasteiger partial charge is 0.348 e. The highest BCUT2D eigenvalue weighted by Gasteiger charge is 2.30. The summed E-state index contributed by atoms with van der Waals surface area (Å²) in [6, 6.07) is 5.08. The van der Waals surface area contributed by atoms with E-state index in [1.807, 2.05) is 11.8 Å². The molecule has 2 aliphatic heterocycles. The van der Waals surface area contributed by atoms with E-state index in [0.29, 0.717) is 55.8 Å². The van der Waals surface area contributed by atoms with Crippen molar-refractivity contribution < 1.29 is 14.1 Å². The molecule has 2 aliphatic rings. The molecule has 3 aromatic rings. The number of rotatable bonds is 6. The van der Waals surface area contributed by atoms with E-state index in [4.69, 9.17) is 16.3 Å². The number of nitro groups is 1. The predicted molar refractivity (Wildman–Crippen MR) is 151 cm³/mol. The van der Waals surface area contributed by atoms with Crippen LogP contribution in [0, 0.1) is 15.9 Å². The fourth-order valence-electron chi connectivity index (χ4n) is 5.11. The Hall–Kier alpha value is -3.68. The molecule has 1 unspecified atom stereocenters. The van der Waals surface area contributed by atoms with Crippen molar-refractivity contribution in [1.29, 1.82) is 0 Å². The number of piperazine rings is 1. The van der Waals surface area contributed by atoms with Crippen molar-refractivity contribution in [3.05, 3.63) is 51.8 Å². The Morgan fingerprint density at radius 2 is 1.88 bits per heavy atom. The third kappa shape index (κ3) is 5.62. The van der Waals surface area contributed by atoms with Crippen LogP contribution in [0.5, 0.6) is 0 Å². The van der Waals surface area contributed by atoms with E-state index in [1.54, 1.807) is 18.3 Å². The summed E-state index contributed by atoms with van der Waals surface area (Å²) in [5.41, 5.74) is 1.11. The summed E-state index contributed by atoms with van der Waals surface area (Å²) in [7, 11) is 2.06. The number of anilines is 4. The molecule has 0 aliphatic carbocycles. The van der Waals surface area contributed by atoms with E-state index in [2.05, 4.69) is 55.9 Å². The summed E-state index contributed by atoms with van der Waals surface area (Å²) in [4.78, 5) is 34.4. The van der Waals surface area contributed by atoms with Crippen LogP contribution in [-0.4, -0.2) is 87.8 Å². The van der Waals surface area contributed by atoms with E-state index < -0.39 is 16.4 Å². The van der Waals surface area contributed by atoms with Gasteiger partial charge in [-0.3, -0.25) is 15.0 Å². The van der Waals surface area contributed by atoms with Gasteiger partial charge in [0, 0.05) is 50.0 Å². The molecule has 0 amide bonds. The largest absolute Gasteiger partial charge is 0.375 e. The summed E-state index contributed by atoms with van der Waals surface area (Å²) in [5, 5.41) is 14.5. The average Bonchev–Trinajstić information content (AvgIpc) is 2.92. The van der Waals surface area contributed by atoms with Gasteiger partial charge in [-0.25, -0.2) is 24.3 Å². The van der Waals surface area contributed by atoms with E-state index >= 15 is 4.39 Å². The molecule has 40 heavy (non-hydrogen) atoms. The van der Waals surface area contributed by atoms with Crippen molar-refractivity contribution in [3.63, 3.8) is 0 Å². The van der Waals surface area contributed by atoms with E-state index in [0.717, 1.165) is 6.33 Å². The molecule has 3 atom stereocenters. The van der Waals surface area contributed by atoms with Gasteiger partial charge in [0.15, 0.2) is 0 Å². The highest BCUT2D eigenvalue weighted by molar-refractivity contribution is 6.31. The van der Waals surface area contributed by atoms with Gasteiger partial charge in [-0.1, -0.05) is 11.6 Å². The predicted octanol–water partition coefficient (Wildman–Crippen LogP) is 4.13. The third-order valence-electron chi connectivity index (χ3n) is 7.44. The van der Waals surface area contributed by atoms with Crippen molar-refractivity contribution in [2.45, 2.75) is 39.0 Å². The lowest BCUT2D eigenvalue weighted by Crippen LogP contribution is -2.55. The second-order valence-corrected chi connectivity index (χ2v) is 10.6. The highest BCUT2D eigenvalue weighted by Crippen LogP contribution is 2.39. The van der Waals surface area contributed by atoms with Gasteiger partial charge in [-0.2, -0.15) is 0 Å². The quantitative estimate of drug-likeness (QED) is 0.261. The minimum Gasteiger partial charge on any atom is -0.375 e. The Bertz CT molecular complexity index is 1400. The van der Waals surface area contributed by atoms with E-state index in [9.17, 15) is 10.1 Å². The molecule has 2 aromatic heterocycles. The van der Waals surface area contributed by atoms with Crippen LogP contribution in [-0.2, 0) is 4.74 Å². The van der Waals surface area contributed by atoms with Gasteiger partial charge in [-0.05, 0) is 46.0 Å². The van der Waals surface area contributed by atoms with Crippen LogP contribution < -0.4 is 15.1 Å². The minimum absolute atomic E-state index is 0.0247. The fourth-order valence-corrected chi connectivity index (χ4v) is 5.31. The van der Waals surface area contributed by atoms with Crippen LogP contribution >= 0.6 is 11.6 Å². The number of nitrogens with zero attached hydrogens (tertiary/aromatic N) is 8. The zero-order chi connectivity index (χ0) is 28.6. The number of ether oxygens (including phenoxy) is 1. The number of likely N-dealkylation sites (N-methyl/N-ethyl adjacent to an activating group) is 1. The summed E-state index contributed by atoms with van der Waals surface area (Å²) < 4.78 is 21.5. The second kappa shape index (κ2) is 11.4. The maximum Gasteiger partial charge on any atom is 0.348 e. The first-order valence-electron chi connectivity index (χ1n) is 13.0. The molecule has 1 N–H and O–H groups in total. The zero-order valence-corrected chi connectivity index (χ0v) is 23.5. The molecule has 0 spiro atoms. The van der Waals surface area contributed by atoms with E-state index in [-0.39, 0.29) is 34.7 Å². The number of halogens is 2. The molecule has 12 nitrogen and oxygen atoms in total. The summed E-state index contributed by atoms with van der Waals surface area (Å²) >= 11 is 6.05. The Kier molecular flexibility index (Phi) is 7.97. The van der Waals surface area contributed by atoms with Crippen LogP contribution in [0.15, 0.2) is 30.7 Å². The molecular formula is C26H31ClFN9O3. The first-order valence-corrected chi connectivity index (χ1v) is 13.4. The van der Waals surface area contributed by atoms with Gasteiger partial charge in [0.1, 0.15) is 12.1 Å². The minimum atomic E-state index is -0.644. The summed E-state index contributed by atoms with van der Waals surface area (Å²) in [6.07, 6.45) is 2.76. The maximum absolute atomic E-state index is 15.9. The lowest BCUT2D eigenvalue weighted by atomic mass is 10.0. The van der Waals surface area contributed by atoms with Crippen LogP contribution in [0.25, 0.3) is 11.3 Å². The molecule has 2 fully saturated rings. The molecule has 2 saturated heterocycles. The highest BCUT2D eigenvalue weighted by atomic mass is 35.5. The number of hydrogen-bond donors (Lipinski definition) is 1. The van der Waals surface area contributed by atoms with Crippen LogP contribution in [0.4, 0.5) is 33.2 Å². The molecule has 0 saturated carbocycles. The normalized spacial score (nSPS) is 21.9. The van der Waals surface area contributed by atoms with Crippen molar-refractivity contribution in [2.75, 3.05) is 55.0 Å². The Balaban J connectivity index is 1.59. The van der Waals surface area contributed by atoms with Crippen LogP contribution in [0.3, 0.4) is 0 Å². The monoisotopic (exact) mass is 571 g/mol. The lowest BCUT2D eigenvalue weighted by Gasteiger charge is -2.44. The molecule has 212 valence electrons. The van der Waals surface area contributed by atoms with Gasteiger partial charge >= 0.3 is 5.69 Å². The molecular weight excluding hydrogens is 541 g/mol. The van der Waals surface area contributed by atoms with Gasteiger partial charge in [-0.15, -0.1) is 0 Å². The van der Waals surface area contributed by atoms with Crippen LogP contribution in [0.1, 0.15) is 20.8 Å². The van der Waals surface area contributed by atoms with Crippen molar-refractivity contribution >= 4 is 40.4 Å². The van der Waals surface area contributed by atoms with Gasteiger partial charge < -0.3 is 19.9 Å². The number of morpholine rings is 1. The van der Waals surface area contributed by atoms with Gasteiger partial charge in [0.2, 0.25) is 16.9 Å². The Morgan fingerprint density at radius 3 is 2.58 bits per heavy atom. The SMILES string of the molecule is CC1CN(c2nccc(-c3cc(Nc4ncnc(Cl)c4[N+](=O)[O-])c(N4C[C@@H](C)N(C)[C@@H](C)C4)cc3F)n2)CCO1. The summed E-state index contributed by atoms with van der Waals surface area (Å²) in [6.45, 7) is 9.24. The Morgan fingerprint density at radius 1 is 1.12 bits per heavy atom. The van der Waals surface area contributed by atoms with Gasteiger partial charge in [0.05, 0.1) is 34.7 Å².